The predicted molar refractivity (Wildman–Crippen MR) is 62.6 cm³/mol. The van der Waals surface area contributed by atoms with E-state index in [1.165, 1.54) is 32.1 Å². The molecule has 0 aromatic carbocycles. The molecular formula is C13H25NO. The molecule has 1 heterocycles. The van der Waals surface area contributed by atoms with Gasteiger partial charge < -0.3 is 10.5 Å². The lowest BCUT2D eigenvalue weighted by Gasteiger charge is -2.48. The second-order valence-corrected chi connectivity index (χ2v) is 5.78. The molecule has 2 aliphatic rings. The minimum absolute atomic E-state index is 0.107. The van der Waals surface area contributed by atoms with Crippen LogP contribution in [-0.4, -0.2) is 18.8 Å². The lowest BCUT2D eigenvalue weighted by Crippen LogP contribution is -2.56. The molecule has 0 bridgehead atoms. The Balaban J connectivity index is 2.03. The summed E-state index contributed by atoms with van der Waals surface area (Å²) in [6, 6.07) is 0. The van der Waals surface area contributed by atoms with Gasteiger partial charge in [-0.1, -0.05) is 13.8 Å². The molecule has 3 atom stereocenters. The van der Waals surface area contributed by atoms with Crippen molar-refractivity contribution in [1.82, 2.24) is 0 Å². The molecule has 15 heavy (non-hydrogen) atoms. The summed E-state index contributed by atoms with van der Waals surface area (Å²) in [7, 11) is 0. The van der Waals surface area contributed by atoms with E-state index in [-0.39, 0.29) is 5.54 Å². The third-order valence-electron chi connectivity index (χ3n) is 4.72. The minimum atomic E-state index is 0.107. The Bertz CT molecular complexity index is 213. The standard InChI is InChI=1S/C13H25NO/c1-10-3-6-13(14,11(2)9-10)12-4-7-15-8-5-12/h10-12H,3-9,14H2,1-2H3. The second-order valence-electron chi connectivity index (χ2n) is 5.78. The molecule has 2 N–H and O–H groups in total. The Morgan fingerprint density at radius 3 is 2.40 bits per heavy atom. The Kier molecular flexibility index (Phi) is 3.36. The van der Waals surface area contributed by atoms with Crippen LogP contribution >= 0.6 is 0 Å². The van der Waals surface area contributed by atoms with Crippen LogP contribution in [0.4, 0.5) is 0 Å². The summed E-state index contributed by atoms with van der Waals surface area (Å²) in [4.78, 5) is 0. The molecule has 0 aromatic rings. The molecule has 1 aliphatic carbocycles. The molecule has 2 fully saturated rings. The van der Waals surface area contributed by atoms with Crippen LogP contribution in [0.3, 0.4) is 0 Å². The van der Waals surface area contributed by atoms with Crippen molar-refractivity contribution in [2.45, 2.75) is 51.5 Å². The maximum absolute atomic E-state index is 6.68. The van der Waals surface area contributed by atoms with Crippen molar-refractivity contribution >= 4 is 0 Å². The highest BCUT2D eigenvalue weighted by Gasteiger charge is 2.43. The van der Waals surface area contributed by atoms with E-state index in [1.54, 1.807) is 0 Å². The normalized spacial score (nSPS) is 44.2. The SMILES string of the molecule is CC1CCC(N)(C2CCOCC2)C(C)C1. The molecule has 3 unspecified atom stereocenters. The fourth-order valence-corrected chi connectivity index (χ4v) is 3.53. The van der Waals surface area contributed by atoms with Gasteiger partial charge in [-0.05, 0) is 49.9 Å². The van der Waals surface area contributed by atoms with Gasteiger partial charge in [0.2, 0.25) is 0 Å². The summed E-state index contributed by atoms with van der Waals surface area (Å²) in [6.45, 7) is 6.56. The minimum Gasteiger partial charge on any atom is -0.381 e. The molecule has 1 aliphatic heterocycles. The smallest absolute Gasteiger partial charge is 0.0469 e. The van der Waals surface area contributed by atoms with Gasteiger partial charge in [-0.2, -0.15) is 0 Å². The summed E-state index contributed by atoms with van der Waals surface area (Å²) >= 11 is 0. The molecule has 0 amide bonds. The summed E-state index contributed by atoms with van der Waals surface area (Å²) in [5, 5.41) is 0. The van der Waals surface area contributed by atoms with Crippen molar-refractivity contribution in [1.29, 1.82) is 0 Å². The van der Waals surface area contributed by atoms with Crippen LogP contribution in [0.2, 0.25) is 0 Å². The molecule has 0 aromatic heterocycles. The average Bonchev–Trinajstić information content (AvgIpc) is 2.25. The van der Waals surface area contributed by atoms with Gasteiger partial charge in [0.25, 0.3) is 0 Å². The van der Waals surface area contributed by atoms with E-state index in [0.29, 0.717) is 11.8 Å². The molecular weight excluding hydrogens is 186 g/mol. The van der Waals surface area contributed by atoms with Gasteiger partial charge in [-0.25, -0.2) is 0 Å². The zero-order valence-corrected chi connectivity index (χ0v) is 10.2. The number of ether oxygens (including phenoxy) is 1. The van der Waals surface area contributed by atoms with Crippen LogP contribution < -0.4 is 5.73 Å². The van der Waals surface area contributed by atoms with Crippen LogP contribution in [-0.2, 0) is 4.74 Å². The summed E-state index contributed by atoms with van der Waals surface area (Å²) in [5.74, 6) is 2.26. The van der Waals surface area contributed by atoms with Gasteiger partial charge in [0.15, 0.2) is 0 Å². The Morgan fingerprint density at radius 2 is 1.80 bits per heavy atom. The first-order valence-corrected chi connectivity index (χ1v) is 6.49. The second kappa shape index (κ2) is 4.42. The van der Waals surface area contributed by atoms with E-state index >= 15 is 0 Å². The zero-order valence-electron chi connectivity index (χ0n) is 10.2. The molecule has 2 nitrogen and oxygen atoms in total. The van der Waals surface area contributed by atoms with Gasteiger partial charge in [0.05, 0.1) is 0 Å². The van der Waals surface area contributed by atoms with Crippen molar-refractivity contribution in [3.05, 3.63) is 0 Å². The molecule has 88 valence electrons. The Morgan fingerprint density at radius 1 is 1.13 bits per heavy atom. The van der Waals surface area contributed by atoms with Gasteiger partial charge in [0.1, 0.15) is 0 Å². The lowest BCUT2D eigenvalue weighted by molar-refractivity contribution is 0.00511. The average molecular weight is 211 g/mol. The third kappa shape index (κ3) is 2.21. The topological polar surface area (TPSA) is 35.2 Å². The quantitative estimate of drug-likeness (QED) is 0.723. The van der Waals surface area contributed by atoms with Crippen molar-refractivity contribution in [2.75, 3.05) is 13.2 Å². The first-order valence-electron chi connectivity index (χ1n) is 6.49. The van der Waals surface area contributed by atoms with Crippen LogP contribution in [0, 0.1) is 17.8 Å². The van der Waals surface area contributed by atoms with E-state index in [0.717, 1.165) is 19.1 Å². The molecule has 0 spiro atoms. The lowest BCUT2D eigenvalue weighted by atomic mass is 9.63. The van der Waals surface area contributed by atoms with Crippen molar-refractivity contribution < 1.29 is 4.74 Å². The van der Waals surface area contributed by atoms with Gasteiger partial charge in [-0.15, -0.1) is 0 Å². The molecule has 0 radical (unpaired) electrons. The molecule has 1 saturated carbocycles. The van der Waals surface area contributed by atoms with Crippen LogP contribution in [0.1, 0.15) is 46.0 Å². The van der Waals surface area contributed by atoms with E-state index < -0.39 is 0 Å². The number of nitrogens with two attached hydrogens (primary N) is 1. The highest BCUT2D eigenvalue weighted by molar-refractivity contribution is 4.99. The largest absolute Gasteiger partial charge is 0.381 e. The zero-order chi connectivity index (χ0) is 10.9. The van der Waals surface area contributed by atoms with Crippen LogP contribution in [0.15, 0.2) is 0 Å². The van der Waals surface area contributed by atoms with Gasteiger partial charge in [-0.3, -0.25) is 0 Å². The Labute approximate surface area is 93.6 Å². The first-order chi connectivity index (χ1) is 7.13. The van der Waals surface area contributed by atoms with Crippen LogP contribution in [0.5, 0.6) is 0 Å². The van der Waals surface area contributed by atoms with Gasteiger partial charge in [0, 0.05) is 18.8 Å². The molecule has 1 saturated heterocycles. The van der Waals surface area contributed by atoms with Gasteiger partial charge >= 0.3 is 0 Å². The molecule has 2 heteroatoms. The Hall–Kier alpha value is -0.0800. The highest BCUT2D eigenvalue weighted by atomic mass is 16.5. The third-order valence-corrected chi connectivity index (χ3v) is 4.72. The van der Waals surface area contributed by atoms with Crippen molar-refractivity contribution in [2.24, 2.45) is 23.5 Å². The summed E-state index contributed by atoms with van der Waals surface area (Å²) in [5.41, 5.74) is 6.79. The number of hydrogen-bond donors (Lipinski definition) is 1. The van der Waals surface area contributed by atoms with E-state index in [2.05, 4.69) is 13.8 Å². The maximum atomic E-state index is 6.68. The van der Waals surface area contributed by atoms with E-state index in [4.69, 9.17) is 10.5 Å². The summed E-state index contributed by atoms with van der Waals surface area (Å²) in [6.07, 6.45) is 6.20. The summed E-state index contributed by atoms with van der Waals surface area (Å²) < 4.78 is 5.44. The van der Waals surface area contributed by atoms with Crippen molar-refractivity contribution in [3.63, 3.8) is 0 Å². The highest BCUT2D eigenvalue weighted by Crippen LogP contribution is 2.42. The van der Waals surface area contributed by atoms with Crippen molar-refractivity contribution in [3.8, 4) is 0 Å². The monoisotopic (exact) mass is 211 g/mol. The van der Waals surface area contributed by atoms with E-state index in [1.807, 2.05) is 0 Å². The van der Waals surface area contributed by atoms with E-state index in [9.17, 15) is 0 Å². The first kappa shape index (κ1) is 11.4. The molecule has 2 rings (SSSR count). The maximum Gasteiger partial charge on any atom is 0.0469 e. The fourth-order valence-electron chi connectivity index (χ4n) is 3.53. The fraction of sp³-hybridized carbons (Fsp3) is 1.00. The predicted octanol–water partition coefficient (Wildman–Crippen LogP) is 2.57. The van der Waals surface area contributed by atoms with Crippen LogP contribution in [0.25, 0.3) is 0 Å². The number of rotatable bonds is 1. The number of hydrogen-bond acceptors (Lipinski definition) is 2.